The first kappa shape index (κ1) is 16.2. The molecule has 4 aromatic rings. The van der Waals surface area contributed by atoms with Gasteiger partial charge in [-0.15, -0.1) is 0 Å². The van der Waals surface area contributed by atoms with E-state index >= 15 is 0 Å². The van der Waals surface area contributed by atoms with Crippen LogP contribution < -0.4 is 11.1 Å². The number of rotatable bonds is 4. The van der Waals surface area contributed by atoms with E-state index in [2.05, 4.69) is 9.97 Å². The number of fused-ring (bicyclic) bond motifs is 2. The van der Waals surface area contributed by atoms with Gasteiger partial charge in [-0.25, -0.2) is 4.98 Å². The van der Waals surface area contributed by atoms with Crippen LogP contribution in [0.2, 0.25) is 0 Å². The molecule has 0 aromatic carbocycles. The fraction of sp³-hybridized carbons (Fsp3) is 0.158. The molecule has 26 heavy (non-hydrogen) atoms. The third-order valence-electron chi connectivity index (χ3n) is 4.31. The van der Waals surface area contributed by atoms with Gasteiger partial charge in [0.1, 0.15) is 0 Å². The molecule has 0 unspecified atom stereocenters. The lowest BCUT2D eigenvalue weighted by Crippen LogP contribution is -2.23. The first-order chi connectivity index (χ1) is 12.7. The van der Waals surface area contributed by atoms with Crippen molar-refractivity contribution in [2.45, 2.75) is 13.1 Å². The van der Waals surface area contributed by atoms with Crippen LogP contribution in [0.5, 0.6) is 0 Å². The molecule has 0 aliphatic rings. The van der Waals surface area contributed by atoms with Crippen LogP contribution >= 0.6 is 0 Å². The minimum atomic E-state index is -0.270. The molecular formula is C19H16N4O3. The summed E-state index contributed by atoms with van der Waals surface area (Å²) in [6, 6.07) is 8.80. The van der Waals surface area contributed by atoms with Crippen LogP contribution in [0.4, 0.5) is 0 Å². The Morgan fingerprint density at radius 1 is 0.962 bits per heavy atom. The molecule has 4 aromatic heterocycles. The first-order valence-corrected chi connectivity index (χ1v) is 8.20. The minimum absolute atomic E-state index is 0.135. The van der Waals surface area contributed by atoms with E-state index in [0.29, 0.717) is 28.4 Å². The molecule has 4 heterocycles. The van der Waals surface area contributed by atoms with Gasteiger partial charge in [-0.2, -0.15) is 0 Å². The van der Waals surface area contributed by atoms with Gasteiger partial charge in [-0.1, -0.05) is 6.07 Å². The van der Waals surface area contributed by atoms with Crippen LogP contribution in [-0.4, -0.2) is 30.8 Å². The number of aromatic nitrogens is 4. The third kappa shape index (κ3) is 2.78. The lowest BCUT2D eigenvalue weighted by Gasteiger charge is -2.09. The Morgan fingerprint density at radius 2 is 1.65 bits per heavy atom. The summed E-state index contributed by atoms with van der Waals surface area (Å²) in [4.78, 5) is 33.9. The van der Waals surface area contributed by atoms with Crippen molar-refractivity contribution in [1.82, 2.24) is 19.1 Å². The monoisotopic (exact) mass is 348 g/mol. The highest BCUT2D eigenvalue weighted by Gasteiger charge is 2.10. The summed E-state index contributed by atoms with van der Waals surface area (Å²) in [5, 5.41) is 9.83. The van der Waals surface area contributed by atoms with E-state index < -0.39 is 0 Å². The highest BCUT2D eigenvalue weighted by molar-refractivity contribution is 5.91. The molecule has 0 aliphatic heterocycles. The molecule has 0 saturated heterocycles. The molecule has 7 nitrogen and oxygen atoms in total. The van der Waals surface area contributed by atoms with E-state index in [1.807, 2.05) is 12.1 Å². The van der Waals surface area contributed by atoms with Crippen LogP contribution in [0.25, 0.3) is 21.8 Å². The quantitative estimate of drug-likeness (QED) is 0.559. The van der Waals surface area contributed by atoms with Crippen molar-refractivity contribution in [3.63, 3.8) is 0 Å². The Labute approximate surface area is 147 Å². The van der Waals surface area contributed by atoms with Crippen molar-refractivity contribution in [1.29, 1.82) is 0 Å². The molecule has 0 spiro atoms. The van der Waals surface area contributed by atoms with Gasteiger partial charge >= 0.3 is 0 Å². The van der Waals surface area contributed by atoms with E-state index in [0.717, 1.165) is 5.56 Å². The van der Waals surface area contributed by atoms with Gasteiger partial charge in [0.05, 0.1) is 35.0 Å². The minimum Gasteiger partial charge on any atom is -0.395 e. The van der Waals surface area contributed by atoms with Crippen molar-refractivity contribution in [2.75, 3.05) is 6.61 Å². The van der Waals surface area contributed by atoms with Crippen LogP contribution in [0.1, 0.15) is 5.56 Å². The van der Waals surface area contributed by atoms with Crippen LogP contribution in [0, 0.1) is 0 Å². The summed E-state index contributed by atoms with van der Waals surface area (Å²) in [7, 11) is 0. The highest BCUT2D eigenvalue weighted by atomic mass is 16.3. The summed E-state index contributed by atoms with van der Waals surface area (Å²) < 4.78 is 2.98. The first-order valence-electron chi connectivity index (χ1n) is 8.20. The average Bonchev–Trinajstić information content (AvgIpc) is 2.67. The van der Waals surface area contributed by atoms with Crippen LogP contribution in [0.3, 0.4) is 0 Å². The Kier molecular flexibility index (Phi) is 4.06. The predicted octanol–water partition coefficient (Wildman–Crippen LogP) is 1.15. The fourth-order valence-electron chi connectivity index (χ4n) is 3.00. The van der Waals surface area contributed by atoms with Gasteiger partial charge in [0.25, 0.3) is 11.1 Å². The Hall–Kier alpha value is -3.32. The predicted molar refractivity (Wildman–Crippen MR) is 98.2 cm³/mol. The van der Waals surface area contributed by atoms with Crippen molar-refractivity contribution in [3.05, 3.63) is 81.4 Å². The van der Waals surface area contributed by atoms with Crippen molar-refractivity contribution in [2.24, 2.45) is 0 Å². The zero-order valence-electron chi connectivity index (χ0n) is 13.9. The van der Waals surface area contributed by atoms with Gasteiger partial charge in [-0.05, 0) is 29.8 Å². The third-order valence-corrected chi connectivity index (χ3v) is 4.31. The van der Waals surface area contributed by atoms with Crippen LogP contribution in [0.15, 0.2) is 64.7 Å². The average molecular weight is 348 g/mol. The summed E-state index contributed by atoms with van der Waals surface area (Å²) in [5.74, 6) is 0. The van der Waals surface area contributed by atoms with Crippen molar-refractivity contribution < 1.29 is 5.11 Å². The highest BCUT2D eigenvalue weighted by Crippen LogP contribution is 2.14. The number of aliphatic hydroxyl groups is 1. The second-order valence-corrected chi connectivity index (χ2v) is 6.00. The smallest absolute Gasteiger partial charge is 0.260 e. The van der Waals surface area contributed by atoms with Gasteiger partial charge in [0, 0.05) is 31.3 Å². The molecule has 0 saturated carbocycles. The molecule has 1 N–H and O–H groups in total. The Morgan fingerprint density at radius 3 is 2.31 bits per heavy atom. The molecule has 0 bridgehead atoms. The van der Waals surface area contributed by atoms with Gasteiger partial charge < -0.3 is 14.2 Å². The van der Waals surface area contributed by atoms with E-state index in [1.165, 1.54) is 4.57 Å². The van der Waals surface area contributed by atoms with Crippen LogP contribution in [-0.2, 0) is 13.1 Å². The maximum atomic E-state index is 12.9. The van der Waals surface area contributed by atoms with E-state index in [9.17, 15) is 9.59 Å². The summed E-state index contributed by atoms with van der Waals surface area (Å²) in [6.07, 6.45) is 6.69. The number of hydrogen-bond donors (Lipinski definition) is 1. The van der Waals surface area contributed by atoms with Gasteiger partial charge in [0.2, 0.25) is 0 Å². The number of nitrogens with zero attached hydrogens (tertiary/aromatic N) is 4. The normalized spacial score (nSPS) is 11.3. The number of hydrogen-bond acceptors (Lipinski definition) is 5. The molecule has 4 rings (SSSR count). The molecule has 130 valence electrons. The largest absolute Gasteiger partial charge is 0.395 e. The second-order valence-electron chi connectivity index (χ2n) is 6.00. The van der Waals surface area contributed by atoms with Gasteiger partial charge in [0.15, 0.2) is 0 Å². The molecule has 0 amide bonds. The second kappa shape index (κ2) is 6.53. The van der Waals surface area contributed by atoms with E-state index in [-0.39, 0.29) is 24.3 Å². The lowest BCUT2D eigenvalue weighted by molar-refractivity contribution is 0.274. The number of aliphatic hydroxyl groups excluding tert-OH is 1. The number of pyridine rings is 4. The molecule has 0 atom stereocenters. The SMILES string of the molecule is O=c1c2cc3c(=O)n(Cc4cccnc4)ccc3nc2ccn1CCO. The molecule has 0 fully saturated rings. The maximum absolute atomic E-state index is 12.9. The maximum Gasteiger partial charge on any atom is 0.260 e. The fourth-order valence-corrected chi connectivity index (χ4v) is 3.00. The molecular weight excluding hydrogens is 332 g/mol. The standard InChI is InChI=1S/C19H16N4O3/c24-9-8-22-6-3-16-14(18(22)25)10-15-17(21-16)4-7-23(19(15)26)12-13-2-1-5-20-11-13/h1-7,10-11,24H,8-9,12H2. The molecule has 0 aliphatic carbocycles. The van der Waals surface area contributed by atoms with Crippen molar-refractivity contribution in [3.8, 4) is 0 Å². The van der Waals surface area contributed by atoms with Crippen molar-refractivity contribution >= 4 is 21.8 Å². The summed E-state index contributed by atoms with van der Waals surface area (Å²) in [6.45, 7) is 0.460. The topological polar surface area (TPSA) is 90.0 Å². The zero-order chi connectivity index (χ0) is 18.1. The van der Waals surface area contributed by atoms with E-state index in [1.54, 1.807) is 47.6 Å². The Balaban J connectivity index is 1.90. The molecule has 7 heteroatoms. The van der Waals surface area contributed by atoms with Gasteiger partial charge in [-0.3, -0.25) is 14.6 Å². The summed E-state index contributed by atoms with van der Waals surface area (Å²) >= 11 is 0. The Bertz CT molecular complexity index is 1210. The summed E-state index contributed by atoms with van der Waals surface area (Å²) in [5.41, 5.74) is 1.50. The zero-order valence-corrected chi connectivity index (χ0v) is 13.9. The van der Waals surface area contributed by atoms with E-state index in [4.69, 9.17) is 5.11 Å². The lowest BCUT2D eigenvalue weighted by atomic mass is 10.2. The molecule has 0 radical (unpaired) electrons.